The minimum atomic E-state index is 0.0706. The van der Waals surface area contributed by atoms with Crippen LogP contribution in [-0.2, 0) is 11.3 Å². The van der Waals surface area contributed by atoms with Gasteiger partial charge in [-0.15, -0.1) is 0 Å². The molecule has 0 saturated heterocycles. The summed E-state index contributed by atoms with van der Waals surface area (Å²) in [6, 6.07) is 0.0706. The number of rotatable bonds is 5. The van der Waals surface area contributed by atoms with Crippen LogP contribution in [0.1, 0.15) is 44.3 Å². The third-order valence-electron chi connectivity index (χ3n) is 4.22. The van der Waals surface area contributed by atoms with Gasteiger partial charge in [-0.05, 0) is 40.6 Å². The van der Waals surface area contributed by atoms with Gasteiger partial charge in [-0.25, -0.2) is 0 Å². The lowest BCUT2D eigenvalue weighted by atomic mass is 9.78. The van der Waals surface area contributed by atoms with Crippen LogP contribution in [0.3, 0.4) is 0 Å². The van der Waals surface area contributed by atoms with E-state index < -0.39 is 0 Å². The van der Waals surface area contributed by atoms with Crippen molar-refractivity contribution in [1.82, 2.24) is 9.78 Å². The molecule has 1 heterocycles. The van der Waals surface area contributed by atoms with E-state index >= 15 is 0 Å². The molecule has 1 aliphatic carbocycles. The fourth-order valence-corrected chi connectivity index (χ4v) is 3.49. The average molecular weight is 330 g/mol. The van der Waals surface area contributed by atoms with Crippen LogP contribution >= 0.6 is 15.9 Å². The molecular formula is C14H24BrN3O. The Kier molecular flexibility index (Phi) is 5.42. The molecule has 1 aliphatic rings. The van der Waals surface area contributed by atoms with Crippen molar-refractivity contribution >= 4 is 15.9 Å². The smallest absolute Gasteiger partial charge is 0.0697 e. The molecule has 0 radical (unpaired) electrons. The van der Waals surface area contributed by atoms with Gasteiger partial charge in [0.15, 0.2) is 0 Å². The molecule has 1 aromatic rings. The van der Waals surface area contributed by atoms with E-state index in [9.17, 15) is 0 Å². The highest BCUT2D eigenvalue weighted by molar-refractivity contribution is 9.10. The molecule has 1 saturated carbocycles. The van der Waals surface area contributed by atoms with Gasteiger partial charge < -0.3 is 10.5 Å². The van der Waals surface area contributed by atoms with Gasteiger partial charge in [0.25, 0.3) is 0 Å². The molecule has 0 aromatic carbocycles. The lowest BCUT2D eigenvalue weighted by Gasteiger charge is -2.31. The molecule has 5 heteroatoms. The standard InChI is InChI=1S/C14H24BrN3O/c1-10-3-5-11(6-4-10)13(16)14-12(15)9-17-18(14)7-8-19-2/h9-11,13H,3-8,16H2,1-2H3. The van der Waals surface area contributed by atoms with Crippen molar-refractivity contribution in [2.45, 2.75) is 45.2 Å². The van der Waals surface area contributed by atoms with Crippen LogP contribution in [0.2, 0.25) is 0 Å². The number of hydrogen-bond donors (Lipinski definition) is 1. The van der Waals surface area contributed by atoms with Gasteiger partial charge in [0, 0.05) is 7.11 Å². The third-order valence-corrected chi connectivity index (χ3v) is 4.84. The SMILES string of the molecule is COCCn1ncc(Br)c1C(N)C1CCC(C)CC1. The number of halogens is 1. The first kappa shape index (κ1) is 15.0. The molecule has 1 atom stereocenters. The van der Waals surface area contributed by atoms with E-state index in [0.29, 0.717) is 12.5 Å². The molecule has 0 amide bonds. The Hall–Kier alpha value is -0.390. The Balaban J connectivity index is 2.09. The Bertz CT molecular complexity index is 399. The summed E-state index contributed by atoms with van der Waals surface area (Å²) in [6.45, 7) is 3.75. The predicted octanol–water partition coefficient (Wildman–Crippen LogP) is 3.12. The topological polar surface area (TPSA) is 53.1 Å². The maximum absolute atomic E-state index is 6.50. The summed E-state index contributed by atoms with van der Waals surface area (Å²) in [7, 11) is 1.71. The molecule has 4 nitrogen and oxygen atoms in total. The van der Waals surface area contributed by atoms with Gasteiger partial charge in [-0.1, -0.05) is 19.8 Å². The maximum atomic E-state index is 6.50. The number of nitrogens with zero attached hydrogens (tertiary/aromatic N) is 2. The molecule has 19 heavy (non-hydrogen) atoms. The summed E-state index contributed by atoms with van der Waals surface area (Å²) in [6.07, 6.45) is 6.88. The van der Waals surface area contributed by atoms with Crippen LogP contribution in [0, 0.1) is 11.8 Å². The summed E-state index contributed by atoms with van der Waals surface area (Å²) in [5.74, 6) is 1.43. The van der Waals surface area contributed by atoms with Crippen LogP contribution in [-0.4, -0.2) is 23.5 Å². The van der Waals surface area contributed by atoms with Gasteiger partial charge in [0.1, 0.15) is 0 Å². The van der Waals surface area contributed by atoms with Crippen LogP contribution in [0.4, 0.5) is 0 Å². The second-order valence-electron chi connectivity index (χ2n) is 5.64. The number of ether oxygens (including phenoxy) is 1. The fourth-order valence-electron chi connectivity index (χ4n) is 2.93. The van der Waals surface area contributed by atoms with Crippen molar-refractivity contribution in [1.29, 1.82) is 0 Å². The molecule has 0 bridgehead atoms. The van der Waals surface area contributed by atoms with Gasteiger partial charge in [0.05, 0.1) is 35.6 Å². The van der Waals surface area contributed by atoms with Crippen molar-refractivity contribution < 1.29 is 4.74 Å². The first-order valence-electron chi connectivity index (χ1n) is 7.09. The van der Waals surface area contributed by atoms with Crippen LogP contribution in [0.25, 0.3) is 0 Å². The summed E-state index contributed by atoms with van der Waals surface area (Å²) in [4.78, 5) is 0. The normalized spacial score (nSPS) is 25.5. The van der Waals surface area contributed by atoms with Crippen LogP contribution in [0.5, 0.6) is 0 Å². The van der Waals surface area contributed by atoms with Crippen molar-refractivity contribution in [3.8, 4) is 0 Å². The molecule has 108 valence electrons. The molecular weight excluding hydrogens is 306 g/mol. The minimum absolute atomic E-state index is 0.0706. The predicted molar refractivity (Wildman–Crippen MR) is 79.9 cm³/mol. The van der Waals surface area contributed by atoms with Gasteiger partial charge in [0.2, 0.25) is 0 Å². The summed E-state index contributed by atoms with van der Waals surface area (Å²) in [5, 5.41) is 4.39. The van der Waals surface area contributed by atoms with E-state index in [1.165, 1.54) is 25.7 Å². The van der Waals surface area contributed by atoms with E-state index in [0.717, 1.165) is 22.6 Å². The van der Waals surface area contributed by atoms with Crippen LogP contribution in [0.15, 0.2) is 10.7 Å². The van der Waals surface area contributed by atoms with Crippen LogP contribution < -0.4 is 5.73 Å². The quantitative estimate of drug-likeness (QED) is 0.902. The summed E-state index contributed by atoms with van der Waals surface area (Å²) >= 11 is 3.58. The Morgan fingerprint density at radius 3 is 2.79 bits per heavy atom. The molecule has 2 N–H and O–H groups in total. The van der Waals surface area contributed by atoms with E-state index in [1.807, 2.05) is 10.9 Å². The first-order valence-corrected chi connectivity index (χ1v) is 7.88. The zero-order valence-corrected chi connectivity index (χ0v) is 13.4. The summed E-state index contributed by atoms with van der Waals surface area (Å²) < 4.78 is 8.14. The zero-order valence-electron chi connectivity index (χ0n) is 11.8. The molecule has 1 aromatic heterocycles. The van der Waals surface area contributed by atoms with Gasteiger partial charge in [-0.2, -0.15) is 5.10 Å². The maximum Gasteiger partial charge on any atom is 0.0697 e. The Morgan fingerprint density at radius 2 is 2.16 bits per heavy atom. The average Bonchev–Trinajstić information content (AvgIpc) is 2.77. The molecule has 1 unspecified atom stereocenters. The molecule has 0 spiro atoms. The van der Waals surface area contributed by atoms with E-state index in [-0.39, 0.29) is 6.04 Å². The second-order valence-corrected chi connectivity index (χ2v) is 6.49. The van der Waals surface area contributed by atoms with Gasteiger partial charge >= 0.3 is 0 Å². The van der Waals surface area contributed by atoms with Crippen molar-refractivity contribution in [2.24, 2.45) is 17.6 Å². The van der Waals surface area contributed by atoms with E-state index in [4.69, 9.17) is 10.5 Å². The van der Waals surface area contributed by atoms with Crippen molar-refractivity contribution in [3.63, 3.8) is 0 Å². The van der Waals surface area contributed by atoms with Gasteiger partial charge in [-0.3, -0.25) is 4.68 Å². The lowest BCUT2D eigenvalue weighted by molar-refractivity contribution is 0.179. The Morgan fingerprint density at radius 1 is 1.47 bits per heavy atom. The van der Waals surface area contributed by atoms with E-state index in [1.54, 1.807) is 7.11 Å². The zero-order chi connectivity index (χ0) is 13.8. The fraction of sp³-hybridized carbons (Fsp3) is 0.786. The largest absolute Gasteiger partial charge is 0.383 e. The highest BCUT2D eigenvalue weighted by Crippen LogP contribution is 2.37. The second kappa shape index (κ2) is 6.86. The highest BCUT2D eigenvalue weighted by Gasteiger charge is 2.28. The van der Waals surface area contributed by atoms with Crippen molar-refractivity contribution in [2.75, 3.05) is 13.7 Å². The van der Waals surface area contributed by atoms with Crippen molar-refractivity contribution in [3.05, 3.63) is 16.4 Å². The molecule has 0 aliphatic heterocycles. The summed E-state index contributed by atoms with van der Waals surface area (Å²) in [5.41, 5.74) is 7.62. The monoisotopic (exact) mass is 329 g/mol. The lowest BCUT2D eigenvalue weighted by Crippen LogP contribution is -2.28. The number of methoxy groups -OCH3 is 1. The Labute approximate surface area is 123 Å². The number of aromatic nitrogens is 2. The third kappa shape index (κ3) is 3.58. The molecule has 1 fully saturated rings. The molecule has 2 rings (SSSR count). The highest BCUT2D eigenvalue weighted by atomic mass is 79.9. The first-order chi connectivity index (χ1) is 9.13. The number of nitrogens with two attached hydrogens (primary N) is 1. The number of hydrogen-bond acceptors (Lipinski definition) is 3. The minimum Gasteiger partial charge on any atom is -0.383 e. The van der Waals surface area contributed by atoms with E-state index in [2.05, 4.69) is 28.0 Å².